The summed E-state index contributed by atoms with van der Waals surface area (Å²) in [6, 6.07) is 16.8. The van der Waals surface area contributed by atoms with Crippen LogP contribution in [0.25, 0.3) is 0 Å². The molecule has 2 aromatic rings. The van der Waals surface area contributed by atoms with Crippen LogP contribution in [-0.4, -0.2) is 23.1 Å². The zero-order valence-electron chi connectivity index (χ0n) is 17.7. The van der Waals surface area contributed by atoms with Gasteiger partial charge in [-0.05, 0) is 75.0 Å². The number of rotatable bonds is 6. The number of anilines is 2. The second-order valence-electron chi connectivity index (χ2n) is 8.75. The van der Waals surface area contributed by atoms with Gasteiger partial charge in [0.15, 0.2) is 5.11 Å². The highest BCUT2D eigenvalue weighted by Crippen LogP contribution is 2.34. The van der Waals surface area contributed by atoms with Crippen LogP contribution in [0.3, 0.4) is 0 Å². The lowest BCUT2D eigenvalue weighted by molar-refractivity contribution is -0.117. The standard InChI is InChI=1S/C25H31N3OS/c1-19-7-4-8-20(17-19)12-15-25(13-2-3-14-25)27-24(30)26-21-9-5-10-22(18-21)28-16-6-11-23(28)29/h4-5,7-10,17-18H,2-3,6,11-16H2,1H3,(H2,26,27,30). The van der Waals surface area contributed by atoms with Gasteiger partial charge in [0.05, 0.1) is 0 Å². The maximum atomic E-state index is 12.1. The molecule has 0 spiro atoms. The number of carbonyl (C=O) groups is 1. The lowest BCUT2D eigenvalue weighted by Gasteiger charge is -2.32. The molecule has 2 N–H and O–H groups in total. The number of amides is 1. The summed E-state index contributed by atoms with van der Waals surface area (Å²) in [5.41, 5.74) is 4.65. The Morgan fingerprint density at radius 3 is 2.63 bits per heavy atom. The first-order valence-electron chi connectivity index (χ1n) is 11.1. The first kappa shape index (κ1) is 20.9. The van der Waals surface area contributed by atoms with Gasteiger partial charge in [-0.1, -0.05) is 48.7 Å². The Balaban J connectivity index is 1.39. The van der Waals surface area contributed by atoms with E-state index < -0.39 is 0 Å². The van der Waals surface area contributed by atoms with Gasteiger partial charge in [-0.2, -0.15) is 0 Å². The van der Waals surface area contributed by atoms with Crippen molar-refractivity contribution in [2.45, 2.75) is 63.8 Å². The summed E-state index contributed by atoms with van der Waals surface area (Å²) < 4.78 is 0. The van der Waals surface area contributed by atoms with Crippen molar-refractivity contribution in [2.24, 2.45) is 0 Å². The molecule has 1 saturated heterocycles. The summed E-state index contributed by atoms with van der Waals surface area (Å²) in [6.07, 6.45) is 8.52. The first-order chi connectivity index (χ1) is 14.5. The summed E-state index contributed by atoms with van der Waals surface area (Å²) in [5, 5.41) is 7.70. The van der Waals surface area contributed by atoms with Crippen molar-refractivity contribution in [1.82, 2.24) is 5.32 Å². The minimum absolute atomic E-state index is 0.0658. The minimum atomic E-state index is 0.0658. The highest BCUT2D eigenvalue weighted by atomic mass is 32.1. The lowest BCUT2D eigenvalue weighted by atomic mass is 9.89. The normalized spacial score (nSPS) is 17.9. The second kappa shape index (κ2) is 9.17. The van der Waals surface area contributed by atoms with Crippen LogP contribution >= 0.6 is 12.2 Å². The molecular weight excluding hydrogens is 390 g/mol. The van der Waals surface area contributed by atoms with E-state index in [4.69, 9.17) is 12.2 Å². The van der Waals surface area contributed by atoms with E-state index in [0.29, 0.717) is 11.5 Å². The van der Waals surface area contributed by atoms with Crippen molar-refractivity contribution in [2.75, 3.05) is 16.8 Å². The molecule has 1 saturated carbocycles. The molecular formula is C25H31N3OS. The average molecular weight is 422 g/mol. The third-order valence-electron chi connectivity index (χ3n) is 6.40. The van der Waals surface area contributed by atoms with Gasteiger partial charge in [0, 0.05) is 29.9 Å². The van der Waals surface area contributed by atoms with Gasteiger partial charge >= 0.3 is 0 Å². The van der Waals surface area contributed by atoms with Gasteiger partial charge in [0.2, 0.25) is 5.91 Å². The molecule has 0 aromatic heterocycles. The minimum Gasteiger partial charge on any atom is -0.357 e. The Labute approximate surface area is 185 Å². The molecule has 0 unspecified atom stereocenters. The largest absolute Gasteiger partial charge is 0.357 e. The number of carbonyl (C=O) groups excluding carboxylic acids is 1. The van der Waals surface area contributed by atoms with Crippen molar-refractivity contribution in [3.05, 3.63) is 59.7 Å². The van der Waals surface area contributed by atoms with Gasteiger partial charge in [-0.25, -0.2) is 0 Å². The van der Waals surface area contributed by atoms with Gasteiger partial charge in [0.1, 0.15) is 0 Å². The van der Waals surface area contributed by atoms with Crippen LogP contribution in [-0.2, 0) is 11.2 Å². The topological polar surface area (TPSA) is 44.4 Å². The average Bonchev–Trinajstić information content (AvgIpc) is 3.36. The van der Waals surface area contributed by atoms with Crippen molar-refractivity contribution >= 4 is 34.6 Å². The van der Waals surface area contributed by atoms with Gasteiger partial charge in [-0.3, -0.25) is 4.79 Å². The Bertz CT molecular complexity index is 920. The van der Waals surface area contributed by atoms with Crippen LogP contribution < -0.4 is 15.5 Å². The van der Waals surface area contributed by atoms with E-state index >= 15 is 0 Å². The molecule has 2 aliphatic rings. The molecule has 1 amide bonds. The molecule has 1 heterocycles. The quantitative estimate of drug-likeness (QED) is 0.617. The number of aryl methyl sites for hydroxylation is 2. The zero-order valence-corrected chi connectivity index (χ0v) is 18.6. The van der Waals surface area contributed by atoms with Crippen molar-refractivity contribution in [1.29, 1.82) is 0 Å². The van der Waals surface area contributed by atoms with Gasteiger partial charge in [0.25, 0.3) is 0 Å². The van der Waals surface area contributed by atoms with Crippen LogP contribution in [0.1, 0.15) is 56.1 Å². The maximum absolute atomic E-state index is 12.1. The monoisotopic (exact) mass is 421 g/mol. The molecule has 158 valence electrons. The summed E-state index contributed by atoms with van der Waals surface area (Å²) in [4.78, 5) is 13.9. The third-order valence-corrected chi connectivity index (χ3v) is 6.61. The number of nitrogens with zero attached hydrogens (tertiary/aromatic N) is 1. The van der Waals surface area contributed by atoms with Crippen LogP contribution in [0.4, 0.5) is 11.4 Å². The fourth-order valence-electron chi connectivity index (χ4n) is 4.82. The summed E-state index contributed by atoms with van der Waals surface area (Å²) in [7, 11) is 0. The highest BCUT2D eigenvalue weighted by molar-refractivity contribution is 7.80. The molecule has 2 aromatic carbocycles. The number of thiocarbonyl (C=S) groups is 1. The number of benzene rings is 2. The predicted molar refractivity (Wildman–Crippen MR) is 128 cm³/mol. The fourth-order valence-corrected chi connectivity index (χ4v) is 5.15. The van der Waals surface area contributed by atoms with E-state index in [0.717, 1.165) is 50.0 Å². The van der Waals surface area contributed by atoms with E-state index in [9.17, 15) is 4.79 Å². The van der Waals surface area contributed by atoms with Gasteiger partial charge < -0.3 is 15.5 Å². The molecule has 4 rings (SSSR count). The Morgan fingerprint density at radius 2 is 1.90 bits per heavy atom. The van der Waals surface area contributed by atoms with E-state index in [1.54, 1.807) is 0 Å². The van der Waals surface area contributed by atoms with E-state index in [-0.39, 0.29) is 11.4 Å². The smallest absolute Gasteiger partial charge is 0.227 e. The van der Waals surface area contributed by atoms with Crippen LogP contribution in [0.2, 0.25) is 0 Å². The molecule has 1 aliphatic heterocycles. The lowest BCUT2D eigenvalue weighted by Crippen LogP contribution is -2.48. The van der Waals surface area contributed by atoms with Gasteiger partial charge in [-0.15, -0.1) is 0 Å². The Hall–Kier alpha value is -2.40. The fraction of sp³-hybridized carbons (Fsp3) is 0.440. The molecule has 0 bridgehead atoms. The SMILES string of the molecule is Cc1cccc(CCC2(NC(=S)Nc3cccc(N4CCCC4=O)c3)CCCC2)c1. The van der Waals surface area contributed by atoms with E-state index in [1.807, 2.05) is 29.2 Å². The highest BCUT2D eigenvalue weighted by Gasteiger charge is 2.34. The summed E-state index contributed by atoms with van der Waals surface area (Å²) >= 11 is 5.69. The Kier molecular flexibility index (Phi) is 6.38. The molecule has 1 aliphatic carbocycles. The van der Waals surface area contributed by atoms with Crippen molar-refractivity contribution in [3.8, 4) is 0 Å². The zero-order chi connectivity index (χ0) is 21.0. The Morgan fingerprint density at radius 1 is 1.10 bits per heavy atom. The second-order valence-corrected chi connectivity index (χ2v) is 9.16. The summed E-state index contributed by atoms with van der Waals surface area (Å²) in [5.74, 6) is 0.203. The molecule has 0 radical (unpaired) electrons. The molecule has 0 atom stereocenters. The number of hydrogen-bond acceptors (Lipinski definition) is 2. The first-order valence-corrected chi connectivity index (χ1v) is 11.5. The van der Waals surface area contributed by atoms with E-state index in [1.165, 1.54) is 24.0 Å². The molecule has 5 heteroatoms. The molecule has 30 heavy (non-hydrogen) atoms. The van der Waals surface area contributed by atoms with Crippen LogP contribution in [0.15, 0.2) is 48.5 Å². The number of hydrogen-bond donors (Lipinski definition) is 2. The van der Waals surface area contributed by atoms with Crippen LogP contribution in [0, 0.1) is 6.92 Å². The molecule has 4 nitrogen and oxygen atoms in total. The third kappa shape index (κ3) is 5.01. The van der Waals surface area contributed by atoms with Crippen molar-refractivity contribution < 1.29 is 4.79 Å². The number of nitrogens with one attached hydrogen (secondary N) is 2. The molecule has 2 fully saturated rings. The van der Waals surface area contributed by atoms with Crippen molar-refractivity contribution in [3.63, 3.8) is 0 Å². The maximum Gasteiger partial charge on any atom is 0.227 e. The summed E-state index contributed by atoms with van der Waals surface area (Å²) in [6.45, 7) is 2.95. The predicted octanol–water partition coefficient (Wildman–Crippen LogP) is 5.35. The van der Waals surface area contributed by atoms with Crippen LogP contribution in [0.5, 0.6) is 0 Å². The van der Waals surface area contributed by atoms with E-state index in [2.05, 4.69) is 41.8 Å².